The van der Waals surface area contributed by atoms with Gasteiger partial charge in [-0.1, -0.05) is 47.0 Å². The Kier molecular flexibility index (Phi) is 16.6. The third kappa shape index (κ3) is 12.1. The van der Waals surface area contributed by atoms with Crippen LogP contribution in [0.5, 0.6) is 0 Å². The Morgan fingerprint density at radius 2 is 1.84 bits per heavy atom. The van der Waals surface area contributed by atoms with Gasteiger partial charge in [0.25, 0.3) is 6.47 Å². The van der Waals surface area contributed by atoms with Crippen LogP contribution in [0.3, 0.4) is 0 Å². The fraction of sp³-hybridized carbons (Fsp3) is 0.857. The van der Waals surface area contributed by atoms with E-state index < -0.39 is 0 Å². The molecule has 0 amide bonds. The Labute approximate surface area is 122 Å². The Morgan fingerprint density at radius 3 is 2.21 bits per heavy atom. The molecule has 0 saturated heterocycles. The van der Waals surface area contributed by atoms with Crippen LogP contribution in [0.15, 0.2) is 5.10 Å². The van der Waals surface area contributed by atoms with Crippen molar-refractivity contribution in [1.82, 2.24) is 0 Å². The van der Waals surface area contributed by atoms with Crippen LogP contribution < -0.4 is 5.84 Å². The van der Waals surface area contributed by atoms with Crippen LogP contribution >= 0.6 is 11.8 Å². The summed E-state index contributed by atoms with van der Waals surface area (Å²) in [6.45, 7) is 8.23. The molecule has 0 heterocycles. The number of carbonyl (C=O) groups is 1. The minimum absolute atomic E-state index is 0.250. The van der Waals surface area contributed by atoms with Gasteiger partial charge in [0.2, 0.25) is 0 Å². The standard InChI is InChI=1S/C11H22N2S.C2H6.CH2O2/c1-9(2)8-14-11(13-12)10-6-4-3-5-7-10;1-2;2-1-3/h9-10H,3-8,12H2,1-2H3;1-2H3;1H,(H,2,3)/b13-11-;;. The van der Waals surface area contributed by atoms with E-state index in [1.165, 1.54) is 37.1 Å². The third-order valence-corrected chi connectivity index (χ3v) is 4.21. The number of nitrogens with two attached hydrogens (primary N) is 1. The Bertz CT molecular complexity index is 227. The predicted octanol–water partition coefficient (Wildman–Crippen LogP) is 3.96. The van der Waals surface area contributed by atoms with Crippen molar-refractivity contribution in [1.29, 1.82) is 0 Å². The molecule has 0 aromatic carbocycles. The molecule has 1 rings (SSSR count). The van der Waals surface area contributed by atoms with Crippen LogP contribution in [-0.2, 0) is 4.79 Å². The Morgan fingerprint density at radius 1 is 1.37 bits per heavy atom. The summed E-state index contributed by atoms with van der Waals surface area (Å²) >= 11 is 1.86. The molecule has 3 N–H and O–H groups in total. The van der Waals surface area contributed by atoms with Gasteiger partial charge in [-0.2, -0.15) is 5.10 Å². The van der Waals surface area contributed by atoms with Crippen LogP contribution in [0.25, 0.3) is 0 Å². The summed E-state index contributed by atoms with van der Waals surface area (Å²) < 4.78 is 0. The lowest BCUT2D eigenvalue weighted by Crippen LogP contribution is -2.17. The maximum Gasteiger partial charge on any atom is 0.290 e. The molecule has 1 aliphatic carbocycles. The second kappa shape index (κ2) is 15.3. The molecule has 0 aliphatic heterocycles. The molecule has 0 aromatic heterocycles. The van der Waals surface area contributed by atoms with Gasteiger partial charge in [0, 0.05) is 11.7 Å². The number of hydrogen-bond acceptors (Lipinski definition) is 4. The van der Waals surface area contributed by atoms with E-state index in [0.717, 1.165) is 11.7 Å². The molecular formula is C14H30N2O2S. The zero-order valence-corrected chi connectivity index (χ0v) is 13.6. The van der Waals surface area contributed by atoms with E-state index in [1.54, 1.807) is 0 Å². The molecule has 1 saturated carbocycles. The molecule has 0 unspecified atom stereocenters. The molecule has 0 spiro atoms. The average molecular weight is 290 g/mol. The largest absolute Gasteiger partial charge is 0.483 e. The van der Waals surface area contributed by atoms with Crippen molar-refractivity contribution in [2.45, 2.75) is 59.8 Å². The van der Waals surface area contributed by atoms with E-state index in [9.17, 15) is 0 Å². The minimum Gasteiger partial charge on any atom is -0.483 e. The fourth-order valence-corrected chi connectivity index (χ4v) is 2.91. The van der Waals surface area contributed by atoms with Gasteiger partial charge < -0.3 is 10.9 Å². The topological polar surface area (TPSA) is 75.7 Å². The molecule has 1 aliphatic rings. The summed E-state index contributed by atoms with van der Waals surface area (Å²) in [7, 11) is 0. The highest BCUT2D eigenvalue weighted by atomic mass is 32.2. The van der Waals surface area contributed by atoms with Gasteiger partial charge in [-0.15, -0.1) is 11.8 Å². The maximum atomic E-state index is 8.36. The van der Waals surface area contributed by atoms with Crippen molar-refractivity contribution < 1.29 is 9.90 Å². The first-order valence-corrected chi connectivity index (χ1v) is 8.12. The van der Waals surface area contributed by atoms with E-state index in [4.69, 9.17) is 15.7 Å². The summed E-state index contributed by atoms with van der Waals surface area (Å²) in [5.41, 5.74) is 0. The number of thioether (sulfide) groups is 1. The minimum atomic E-state index is -0.250. The highest BCUT2D eigenvalue weighted by molar-refractivity contribution is 8.14. The second-order valence-corrected chi connectivity index (χ2v) is 5.65. The van der Waals surface area contributed by atoms with E-state index in [1.807, 2.05) is 25.6 Å². The van der Waals surface area contributed by atoms with Gasteiger partial charge in [-0.25, -0.2) is 0 Å². The molecule has 1 fully saturated rings. The van der Waals surface area contributed by atoms with E-state index >= 15 is 0 Å². The van der Waals surface area contributed by atoms with Gasteiger partial charge in [0.15, 0.2) is 0 Å². The molecule has 0 aromatic rings. The first-order chi connectivity index (χ1) is 9.15. The SMILES string of the molecule is CC.CC(C)CS/C(=N\N)C1CCCCC1.O=CO. The summed E-state index contributed by atoms with van der Waals surface area (Å²) in [5.74, 6) is 7.99. The number of nitrogens with zero attached hydrogens (tertiary/aromatic N) is 1. The molecular weight excluding hydrogens is 260 g/mol. The first-order valence-electron chi connectivity index (χ1n) is 7.14. The van der Waals surface area contributed by atoms with Crippen LogP contribution in [0.1, 0.15) is 59.8 Å². The lowest BCUT2D eigenvalue weighted by Gasteiger charge is -2.22. The van der Waals surface area contributed by atoms with Crippen molar-refractivity contribution in [2.24, 2.45) is 22.8 Å². The van der Waals surface area contributed by atoms with Gasteiger partial charge in [-0.3, -0.25) is 4.79 Å². The van der Waals surface area contributed by atoms with E-state index in [0.29, 0.717) is 5.92 Å². The quantitative estimate of drug-likeness (QED) is 0.271. The number of hydrogen-bond donors (Lipinski definition) is 2. The molecule has 19 heavy (non-hydrogen) atoms. The van der Waals surface area contributed by atoms with Crippen molar-refractivity contribution in [3.63, 3.8) is 0 Å². The van der Waals surface area contributed by atoms with E-state index in [-0.39, 0.29) is 6.47 Å². The summed E-state index contributed by atoms with van der Waals surface area (Å²) in [4.78, 5) is 8.36. The smallest absolute Gasteiger partial charge is 0.290 e. The third-order valence-electron chi connectivity index (χ3n) is 2.65. The van der Waals surface area contributed by atoms with Crippen molar-refractivity contribution in [3.8, 4) is 0 Å². The van der Waals surface area contributed by atoms with Crippen molar-refractivity contribution >= 4 is 23.3 Å². The number of hydrazone groups is 1. The van der Waals surface area contributed by atoms with Crippen LogP contribution in [0, 0.1) is 11.8 Å². The van der Waals surface area contributed by atoms with Gasteiger partial charge in [0.05, 0.1) is 5.04 Å². The number of rotatable bonds is 3. The van der Waals surface area contributed by atoms with Crippen LogP contribution in [0.4, 0.5) is 0 Å². The molecule has 0 bridgehead atoms. The van der Waals surface area contributed by atoms with Crippen LogP contribution in [-0.4, -0.2) is 22.4 Å². The highest BCUT2D eigenvalue weighted by Gasteiger charge is 2.19. The van der Waals surface area contributed by atoms with Crippen LogP contribution in [0.2, 0.25) is 0 Å². The Balaban J connectivity index is 0. The molecule has 114 valence electrons. The van der Waals surface area contributed by atoms with Gasteiger partial charge in [0.1, 0.15) is 0 Å². The summed E-state index contributed by atoms with van der Waals surface area (Å²) in [6, 6.07) is 0. The van der Waals surface area contributed by atoms with Gasteiger partial charge in [-0.05, 0) is 18.8 Å². The molecule has 0 atom stereocenters. The molecule has 4 nitrogen and oxygen atoms in total. The monoisotopic (exact) mass is 290 g/mol. The lowest BCUT2D eigenvalue weighted by atomic mass is 9.90. The van der Waals surface area contributed by atoms with Crippen molar-refractivity contribution in [3.05, 3.63) is 0 Å². The van der Waals surface area contributed by atoms with E-state index in [2.05, 4.69) is 18.9 Å². The van der Waals surface area contributed by atoms with Crippen molar-refractivity contribution in [2.75, 3.05) is 5.75 Å². The summed E-state index contributed by atoms with van der Waals surface area (Å²) in [5, 5.41) is 12.0. The maximum absolute atomic E-state index is 8.36. The highest BCUT2D eigenvalue weighted by Crippen LogP contribution is 2.29. The molecule has 5 heteroatoms. The number of carboxylic acid groups (broad SMARTS) is 1. The van der Waals surface area contributed by atoms with Gasteiger partial charge >= 0.3 is 0 Å². The normalized spacial score (nSPS) is 15.9. The average Bonchev–Trinajstić information content (AvgIpc) is 2.43. The zero-order valence-electron chi connectivity index (χ0n) is 12.8. The molecule has 0 radical (unpaired) electrons. The summed E-state index contributed by atoms with van der Waals surface area (Å²) in [6.07, 6.45) is 6.68. The lowest BCUT2D eigenvalue weighted by molar-refractivity contribution is -0.122. The zero-order chi connectivity index (χ0) is 15.1. The first kappa shape index (κ1) is 20.6. The second-order valence-electron chi connectivity index (χ2n) is 4.61. The predicted molar refractivity (Wildman–Crippen MR) is 85.5 cm³/mol. The Hall–Kier alpha value is -0.710. The fourth-order valence-electron chi connectivity index (χ4n) is 1.86.